The number of nitrogen functional groups attached to an aromatic ring is 1. The summed E-state index contributed by atoms with van der Waals surface area (Å²) < 4.78 is 45.4. The summed E-state index contributed by atoms with van der Waals surface area (Å²) in [5.74, 6) is -1.39. The van der Waals surface area contributed by atoms with E-state index in [9.17, 15) is 18.0 Å². The third-order valence-corrected chi connectivity index (χ3v) is 2.24. The summed E-state index contributed by atoms with van der Waals surface area (Å²) in [4.78, 5) is 15.1. The van der Waals surface area contributed by atoms with Crippen molar-refractivity contribution in [3.63, 3.8) is 0 Å². The van der Waals surface area contributed by atoms with E-state index in [-0.39, 0.29) is 30.2 Å². The van der Waals surface area contributed by atoms with Gasteiger partial charge in [-0.1, -0.05) is 0 Å². The van der Waals surface area contributed by atoms with Crippen molar-refractivity contribution in [2.24, 2.45) is 5.73 Å². The normalized spacial score (nSPS) is 11.2. The van der Waals surface area contributed by atoms with Crippen LogP contribution in [0.4, 0.5) is 19.0 Å². The zero-order chi connectivity index (χ0) is 15.3. The summed E-state index contributed by atoms with van der Waals surface area (Å²) in [6.07, 6.45) is -5.39. The number of hydrogen-bond donors (Lipinski definition) is 2. The van der Waals surface area contributed by atoms with Crippen molar-refractivity contribution in [3.05, 3.63) is 17.3 Å². The number of rotatable bonds is 5. The molecule has 0 amide bonds. The monoisotopic (exact) mass is 293 g/mol. The van der Waals surface area contributed by atoms with E-state index in [0.717, 1.165) is 6.07 Å². The van der Waals surface area contributed by atoms with Crippen molar-refractivity contribution in [2.45, 2.75) is 26.3 Å². The largest absolute Gasteiger partial charge is 0.573 e. The number of halogens is 3. The molecule has 0 aromatic carbocycles. The smallest absolute Gasteiger partial charge is 0.466 e. The van der Waals surface area contributed by atoms with Crippen LogP contribution in [0.2, 0.25) is 0 Å². The molecular weight excluding hydrogens is 279 g/mol. The predicted octanol–water partition coefficient (Wildman–Crippen LogP) is 1.13. The minimum absolute atomic E-state index is 0.0543. The van der Waals surface area contributed by atoms with Crippen LogP contribution in [-0.2, 0) is 22.5 Å². The highest BCUT2D eigenvalue weighted by atomic mass is 19.4. The number of carbonyl (C=O) groups excluding carboxylic acids is 1. The van der Waals surface area contributed by atoms with Crippen LogP contribution in [-0.4, -0.2) is 23.9 Å². The first-order valence-electron chi connectivity index (χ1n) is 5.66. The Morgan fingerprint density at radius 1 is 1.45 bits per heavy atom. The summed E-state index contributed by atoms with van der Waals surface area (Å²) in [5.41, 5.74) is 10.8. The molecule has 1 aromatic rings. The number of hydrogen-bond acceptors (Lipinski definition) is 6. The average molecular weight is 293 g/mol. The molecule has 20 heavy (non-hydrogen) atoms. The fraction of sp³-hybridized carbons (Fsp3) is 0.455. The maximum absolute atomic E-state index is 12.3. The number of aromatic nitrogens is 1. The molecule has 1 aromatic heterocycles. The van der Waals surface area contributed by atoms with Crippen molar-refractivity contribution in [1.82, 2.24) is 4.98 Å². The van der Waals surface area contributed by atoms with Crippen LogP contribution in [0, 0.1) is 0 Å². The number of pyridine rings is 1. The maximum atomic E-state index is 12.3. The standard InChI is InChI=1S/C11H14F3N3O3/c1-2-19-9(18)4-7-8(20-11(12,13)14)3-6(5-15)10(16)17-7/h3H,2,4-5,15H2,1H3,(H2,16,17). The number of carbonyl (C=O) groups is 1. The summed E-state index contributed by atoms with van der Waals surface area (Å²) in [7, 11) is 0. The second kappa shape index (κ2) is 6.42. The molecule has 0 saturated carbocycles. The Balaban J connectivity index is 3.12. The Bertz CT molecular complexity index is 492. The molecule has 0 unspecified atom stereocenters. The van der Waals surface area contributed by atoms with E-state index in [1.807, 2.05) is 0 Å². The van der Waals surface area contributed by atoms with Gasteiger partial charge in [-0.15, -0.1) is 13.2 Å². The van der Waals surface area contributed by atoms with Crippen molar-refractivity contribution >= 4 is 11.8 Å². The third kappa shape index (κ3) is 4.57. The van der Waals surface area contributed by atoms with E-state index in [4.69, 9.17) is 11.5 Å². The van der Waals surface area contributed by atoms with E-state index < -0.39 is 24.5 Å². The highest BCUT2D eigenvalue weighted by Crippen LogP contribution is 2.28. The van der Waals surface area contributed by atoms with Gasteiger partial charge in [0.1, 0.15) is 5.82 Å². The van der Waals surface area contributed by atoms with E-state index in [2.05, 4.69) is 14.5 Å². The molecule has 0 spiro atoms. The summed E-state index contributed by atoms with van der Waals surface area (Å²) in [5, 5.41) is 0. The Kier molecular flexibility index (Phi) is 5.14. The van der Waals surface area contributed by atoms with Crippen molar-refractivity contribution in [1.29, 1.82) is 0 Å². The summed E-state index contributed by atoms with van der Waals surface area (Å²) >= 11 is 0. The van der Waals surface area contributed by atoms with Crippen LogP contribution in [0.3, 0.4) is 0 Å². The van der Waals surface area contributed by atoms with Gasteiger partial charge in [-0.3, -0.25) is 4.79 Å². The van der Waals surface area contributed by atoms with E-state index >= 15 is 0 Å². The topological polar surface area (TPSA) is 100 Å². The van der Waals surface area contributed by atoms with Crippen LogP contribution in [0.25, 0.3) is 0 Å². The fourth-order valence-electron chi connectivity index (χ4n) is 1.44. The molecule has 0 atom stereocenters. The molecule has 0 fully saturated rings. The molecule has 0 saturated heterocycles. The Morgan fingerprint density at radius 3 is 2.60 bits per heavy atom. The minimum atomic E-state index is -4.91. The van der Waals surface area contributed by atoms with Crippen LogP contribution in [0.5, 0.6) is 5.75 Å². The maximum Gasteiger partial charge on any atom is 0.573 e. The molecule has 4 N–H and O–H groups in total. The van der Waals surface area contributed by atoms with Crippen LogP contribution < -0.4 is 16.2 Å². The number of nitrogens with zero attached hydrogens (tertiary/aromatic N) is 1. The van der Waals surface area contributed by atoms with Gasteiger partial charge >= 0.3 is 12.3 Å². The number of esters is 1. The first-order valence-corrected chi connectivity index (χ1v) is 5.66. The lowest BCUT2D eigenvalue weighted by Gasteiger charge is -2.14. The van der Waals surface area contributed by atoms with Gasteiger partial charge in [-0.05, 0) is 13.0 Å². The van der Waals surface area contributed by atoms with E-state index in [1.165, 1.54) is 0 Å². The molecule has 1 heterocycles. The van der Waals surface area contributed by atoms with Crippen LogP contribution >= 0.6 is 0 Å². The van der Waals surface area contributed by atoms with Crippen molar-refractivity contribution in [3.8, 4) is 5.75 Å². The van der Waals surface area contributed by atoms with E-state index in [1.54, 1.807) is 6.92 Å². The minimum Gasteiger partial charge on any atom is -0.466 e. The number of nitrogens with two attached hydrogens (primary N) is 2. The Hall–Kier alpha value is -2.03. The Morgan fingerprint density at radius 2 is 2.10 bits per heavy atom. The van der Waals surface area contributed by atoms with E-state index in [0.29, 0.717) is 0 Å². The highest BCUT2D eigenvalue weighted by Gasteiger charge is 2.33. The summed E-state index contributed by atoms with van der Waals surface area (Å²) in [6, 6.07) is 1.02. The van der Waals surface area contributed by atoms with Gasteiger partial charge < -0.3 is 20.9 Å². The van der Waals surface area contributed by atoms with Crippen molar-refractivity contribution < 1.29 is 27.4 Å². The van der Waals surface area contributed by atoms with Gasteiger partial charge in [0.2, 0.25) is 0 Å². The second-order valence-electron chi connectivity index (χ2n) is 3.71. The molecule has 112 valence electrons. The second-order valence-corrected chi connectivity index (χ2v) is 3.71. The molecule has 0 aliphatic carbocycles. The number of anilines is 1. The van der Waals surface area contributed by atoms with Gasteiger partial charge in [0, 0.05) is 12.1 Å². The molecule has 0 aliphatic rings. The van der Waals surface area contributed by atoms with Gasteiger partial charge in [0.25, 0.3) is 0 Å². The lowest BCUT2D eigenvalue weighted by Crippen LogP contribution is -2.21. The molecule has 9 heteroatoms. The molecule has 0 bridgehead atoms. The highest BCUT2D eigenvalue weighted by molar-refractivity contribution is 5.73. The average Bonchev–Trinajstić information content (AvgIpc) is 2.31. The van der Waals surface area contributed by atoms with Gasteiger partial charge in [0.15, 0.2) is 5.75 Å². The lowest BCUT2D eigenvalue weighted by molar-refractivity contribution is -0.275. The lowest BCUT2D eigenvalue weighted by atomic mass is 10.2. The first-order chi connectivity index (χ1) is 9.26. The van der Waals surface area contributed by atoms with Crippen molar-refractivity contribution in [2.75, 3.05) is 12.3 Å². The number of alkyl halides is 3. The SMILES string of the molecule is CCOC(=O)Cc1nc(N)c(CN)cc1OC(F)(F)F. The molecule has 0 aliphatic heterocycles. The first kappa shape index (κ1) is 16.0. The zero-order valence-corrected chi connectivity index (χ0v) is 10.7. The fourth-order valence-corrected chi connectivity index (χ4v) is 1.44. The van der Waals surface area contributed by atoms with Gasteiger partial charge in [-0.2, -0.15) is 0 Å². The predicted molar refractivity (Wildman–Crippen MR) is 63.6 cm³/mol. The molecule has 6 nitrogen and oxygen atoms in total. The van der Waals surface area contributed by atoms with Crippen LogP contribution in [0.15, 0.2) is 6.07 Å². The number of ether oxygens (including phenoxy) is 2. The third-order valence-electron chi connectivity index (χ3n) is 2.24. The van der Waals surface area contributed by atoms with Crippen LogP contribution in [0.1, 0.15) is 18.2 Å². The summed E-state index contributed by atoms with van der Waals surface area (Å²) in [6.45, 7) is 1.57. The van der Waals surface area contributed by atoms with Gasteiger partial charge in [-0.25, -0.2) is 4.98 Å². The zero-order valence-electron chi connectivity index (χ0n) is 10.7. The van der Waals surface area contributed by atoms with Gasteiger partial charge in [0.05, 0.1) is 18.7 Å². The molecule has 0 radical (unpaired) electrons. The molecule has 1 rings (SSSR count). The molecular formula is C11H14F3N3O3. The quantitative estimate of drug-likeness (QED) is 0.789. The Labute approximate surface area is 112 Å².